The van der Waals surface area contributed by atoms with Crippen LogP contribution >= 0.6 is 11.6 Å². The minimum atomic E-state index is -1.18. The van der Waals surface area contributed by atoms with Crippen LogP contribution in [0.25, 0.3) is 11.1 Å². The number of nitrogens with zero attached hydrogens (tertiary/aromatic N) is 1. The lowest BCUT2D eigenvalue weighted by molar-refractivity contribution is 0.0693. The molecule has 0 saturated carbocycles. The number of pyridine rings is 1. The van der Waals surface area contributed by atoms with Gasteiger partial charge in [-0.05, 0) is 46.2 Å². The average molecular weight is 370 g/mol. The number of carbonyl (C=O) groups is 1. The lowest BCUT2D eigenvalue weighted by atomic mass is 9.78. The molecule has 0 unspecified atom stereocenters. The highest BCUT2D eigenvalue weighted by atomic mass is 35.5. The molecule has 1 atom stereocenters. The number of aromatic carboxylic acids is 1. The van der Waals surface area contributed by atoms with Crippen molar-refractivity contribution in [2.24, 2.45) is 5.41 Å². The molecule has 5 heteroatoms. The molecule has 4 nitrogen and oxygen atoms in total. The van der Waals surface area contributed by atoms with Gasteiger partial charge in [-0.3, -0.25) is 4.79 Å². The molecular formula is C21H20ClNO3. The maximum absolute atomic E-state index is 12.4. The van der Waals surface area contributed by atoms with Gasteiger partial charge in [0.1, 0.15) is 5.56 Å². The lowest BCUT2D eigenvalue weighted by Crippen LogP contribution is -2.32. The van der Waals surface area contributed by atoms with Crippen molar-refractivity contribution in [3.05, 3.63) is 68.1 Å². The molecule has 1 aromatic heterocycles. The number of allylic oxidation sites excluding steroid dienone is 2. The van der Waals surface area contributed by atoms with Crippen molar-refractivity contribution >= 4 is 28.7 Å². The minimum absolute atomic E-state index is 0.0663. The fraction of sp³-hybridized carbons (Fsp3) is 0.333. The van der Waals surface area contributed by atoms with Gasteiger partial charge in [-0.2, -0.15) is 0 Å². The number of hydrogen-bond donors (Lipinski definition) is 1. The molecule has 0 fully saturated rings. The maximum atomic E-state index is 12.4. The van der Waals surface area contributed by atoms with E-state index in [9.17, 15) is 14.7 Å². The predicted molar refractivity (Wildman–Crippen MR) is 103 cm³/mol. The average Bonchev–Trinajstić information content (AvgIpc) is 2.90. The van der Waals surface area contributed by atoms with Crippen molar-refractivity contribution in [3.8, 4) is 0 Å². The van der Waals surface area contributed by atoms with Crippen molar-refractivity contribution < 1.29 is 9.90 Å². The molecule has 2 aliphatic rings. The second-order valence-corrected chi connectivity index (χ2v) is 8.61. The van der Waals surface area contributed by atoms with Crippen LogP contribution in [0, 0.1) is 5.41 Å². The van der Waals surface area contributed by atoms with E-state index in [1.165, 1.54) is 29.0 Å². The van der Waals surface area contributed by atoms with Crippen LogP contribution in [-0.2, 0) is 6.42 Å². The van der Waals surface area contributed by atoms with Crippen LogP contribution in [0.15, 0.2) is 35.3 Å². The molecule has 2 heterocycles. The summed E-state index contributed by atoms with van der Waals surface area (Å²) in [6, 6.07) is 7.49. The lowest BCUT2D eigenvalue weighted by Gasteiger charge is -2.39. The SMILES string of the molecule is CC(C)(C)[C@@H]1CC2=C(Cc3cc(Cl)ccc32)c2cc(=O)c(C(=O)O)cn21. The molecule has 0 radical (unpaired) electrons. The predicted octanol–water partition coefficient (Wildman–Crippen LogP) is 4.66. The van der Waals surface area contributed by atoms with Crippen molar-refractivity contribution in [1.82, 2.24) is 4.57 Å². The molecule has 134 valence electrons. The summed E-state index contributed by atoms with van der Waals surface area (Å²) in [5.74, 6) is -1.18. The Bertz CT molecular complexity index is 1040. The van der Waals surface area contributed by atoms with E-state index < -0.39 is 11.4 Å². The summed E-state index contributed by atoms with van der Waals surface area (Å²) in [6.45, 7) is 6.43. The van der Waals surface area contributed by atoms with Gasteiger partial charge in [-0.25, -0.2) is 4.79 Å². The Morgan fingerprint density at radius 2 is 1.96 bits per heavy atom. The van der Waals surface area contributed by atoms with Gasteiger partial charge >= 0.3 is 5.97 Å². The number of carboxylic acid groups (broad SMARTS) is 1. The summed E-state index contributed by atoms with van der Waals surface area (Å²) >= 11 is 6.16. The van der Waals surface area contributed by atoms with E-state index in [1.54, 1.807) is 0 Å². The molecule has 0 bridgehead atoms. The maximum Gasteiger partial charge on any atom is 0.341 e. The minimum Gasteiger partial charge on any atom is -0.477 e. The topological polar surface area (TPSA) is 59.3 Å². The summed E-state index contributed by atoms with van der Waals surface area (Å²) in [5.41, 5.74) is 4.83. The van der Waals surface area contributed by atoms with E-state index >= 15 is 0 Å². The number of rotatable bonds is 1. The Labute approximate surface area is 156 Å². The van der Waals surface area contributed by atoms with Crippen LogP contribution in [0.1, 0.15) is 60.4 Å². The molecule has 0 amide bonds. The first-order valence-corrected chi connectivity index (χ1v) is 9.05. The first-order chi connectivity index (χ1) is 12.2. The first-order valence-electron chi connectivity index (χ1n) is 8.67. The van der Waals surface area contributed by atoms with Gasteiger partial charge in [0, 0.05) is 35.4 Å². The first kappa shape index (κ1) is 17.1. The Kier molecular flexibility index (Phi) is 3.67. The molecular weight excluding hydrogens is 350 g/mol. The number of fused-ring (bicyclic) bond motifs is 4. The molecule has 0 spiro atoms. The van der Waals surface area contributed by atoms with Gasteiger partial charge in [0.2, 0.25) is 0 Å². The zero-order valence-electron chi connectivity index (χ0n) is 15.0. The summed E-state index contributed by atoms with van der Waals surface area (Å²) in [6.07, 6.45) is 3.05. The number of hydrogen-bond acceptors (Lipinski definition) is 2. The highest BCUT2D eigenvalue weighted by Crippen LogP contribution is 2.50. The summed E-state index contributed by atoms with van der Waals surface area (Å²) < 4.78 is 2.00. The highest BCUT2D eigenvalue weighted by Gasteiger charge is 2.37. The van der Waals surface area contributed by atoms with E-state index in [0.717, 1.165) is 17.7 Å². The summed E-state index contributed by atoms with van der Waals surface area (Å²) in [4.78, 5) is 23.8. The molecule has 2 aromatic rings. The van der Waals surface area contributed by atoms with Crippen LogP contribution in [0.4, 0.5) is 0 Å². The molecule has 1 aliphatic heterocycles. The number of aromatic nitrogens is 1. The van der Waals surface area contributed by atoms with E-state index in [1.807, 2.05) is 16.7 Å². The van der Waals surface area contributed by atoms with Crippen molar-refractivity contribution in [2.75, 3.05) is 0 Å². The monoisotopic (exact) mass is 369 g/mol. The normalized spacial score (nSPS) is 18.4. The molecule has 1 N–H and O–H groups in total. The Balaban J connectivity index is 1.98. The summed E-state index contributed by atoms with van der Waals surface area (Å²) in [5, 5.41) is 10.1. The molecule has 1 aromatic carbocycles. The summed E-state index contributed by atoms with van der Waals surface area (Å²) in [7, 11) is 0. The van der Waals surface area contributed by atoms with Gasteiger partial charge in [-0.1, -0.05) is 38.4 Å². The third-order valence-corrected chi connectivity index (χ3v) is 5.71. The van der Waals surface area contributed by atoms with E-state index in [0.29, 0.717) is 11.4 Å². The second kappa shape index (κ2) is 5.58. The molecule has 26 heavy (non-hydrogen) atoms. The number of benzene rings is 1. The van der Waals surface area contributed by atoms with Crippen molar-refractivity contribution in [2.45, 2.75) is 39.7 Å². The third-order valence-electron chi connectivity index (χ3n) is 5.48. The van der Waals surface area contributed by atoms with Crippen LogP contribution in [0.2, 0.25) is 5.02 Å². The molecule has 4 rings (SSSR count). The second-order valence-electron chi connectivity index (χ2n) is 8.17. The van der Waals surface area contributed by atoms with Crippen molar-refractivity contribution in [1.29, 1.82) is 0 Å². The van der Waals surface area contributed by atoms with Crippen LogP contribution in [0.5, 0.6) is 0 Å². The Morgan fingerprint density at radius 1 is 1.23 bits per heavy atom. The van der Waals surface area contributed by atoms with E-state index in [-0.39, 0.29) is 17.0 Å². The largest absolute Gasteiger partial charge is 0.477 e. The molecule has 0 saturated heterocycles. The van der Waals surface area contributed by atoms with E-state index in [2.05, 4.69) is 26.8 Å². The molecule has 1 aliphatic carbocycles. The standard InChI is InChI=1S/C21H20ClNO3/c1-21(2,3)19-8-14-13-5-4-12(22)6-11(13)7-15(14)17-9-18(24)16(20(25)26)10-23(17)19/h4-6,9-10,19H,7-8H2,1-3H3,(H,25,26)/t19-/m0/s1. The zero-order valence-corrected chi connectivity index (χ0v) is 15.7. The number of halogens is 1. The van der Waals surface area contributed by atoms with Crippen LogP contribution < -0.4 is 5.43 Å². The quantitative estimate of drug-likeness (QED) is 0.795. The van der Waals surface area contributed by atoms with Gasteiger partial charge in [0.25, 0.3) is 0 Å². The van der Waals surface area contributed by atoms with Crippen LogP contribution in [-0.4, -0.2) is 15.6 Å². The number of carboxylic acids is 1. The Hall–Kier alpha value is -2.33. The fourth-order valence-electron chi connectivity index (χ4n) is 4.17. The van der Waals surface area contributed by atoms with Gasteiger partial charge < -0.3 is 9.67 Å². The van der Waals surface area contributed by atoms with E-state index in [4.69, 9.17) is 11.6 Å². The fourth-order valence-corrected chi connectivity index (χ4v) is 4.36. The van der Waals surface area contributed by atoms with Crippen molar-refractivity contribution in [3.63, 3.8) is 0 Å². The third kappa shape index (κ3) is 2.52. The van der Waals surface area contributed by atoms with Gasteiger partial charge in [0.15, 0.2) is 5.43 Å². The highest BCUT2D eigenvalue weighted by molar-refractivity contribution is 6.30. The van der Waals surface area contributed by atoms with Gasteiger partial charge in [0.05, 0.1) is 0 Å². The zero-order chi connectivity index (χ0) is 18.8. The smallest absolute Gasteiger partial charge is 0.341 e. The van der Waals surface area contributed by atoms with Gasteiger partial charge in [-0.15, -0.1) is 0 Å². The van der Waals surface area contributed by atoms with Crippen LogP contribution in [0.3, 0.4) is 0 Å². The Morgan fingerprint density at radius 3 is 2.62 bits per heavy atom.